The van der Waals surface area contributed by atoms with E-state index in [1.54, 1.807) is 25.1 Å². The summed E-state index contributed by atoms with van der Waals surface area (Å²) >= 11 is 12.0. The van der Waals surface area contributed by atoms with Crippen molar-refractivity contribution in [3.05, 3.63) is 52.5 Å². The van der Waals surface area contributed by atoms with E-state index < -0.39 is 6.04 Å². The molecular formula is C23H27Cl2N3O3. The molecule has 1 heterocycles. The van der Waals surface area contributed by atoms with Crippen LogP contribution in [0.5, 0.6) is 5.75 Å². The van der Waals surface area contributed by atoms with Crippen molar-refractivity contribution in [2.75, 3.05) is 29.9 Å². The molecule has 1 saturated heterocycles. The summed E-state index contributed by atoms with van der Waals surface area (Å²) in [5.41, 5.74) is 1.83. The van der Waals surface area contributed by atoms with Gasteiger partial charge in [-0.05, 0) is 56.5 Å². The van der Waals surface area contributed by atoms with Crippen molar-refractivity contribution in [1.82, 2.24) is 5.32 Å². The summed E-state index contributed by atoms with van der Waals surface area (Å²) in [5.74, 6) is 0.0154. The van der Waals surface area contributed by atoms with Crippen LogP contribution in [-0.4, -0.2) is 37.6 Å². The van der Waals surface area contributed by atoms with E-state index in [-0.39, 0.29) is 18.2 Å². The van der Waals surface area contributed by atoms with Gasteiger partial charge in [0.2, 0.25) is 11.8 Å². The predicted molar refractivity (Wildman–Crippen MR) is 125 cm³/mol. The van der Waals surface area contributed by atoms with Crippen molar-refractivity contribution in [2.45, 2.75) is 38.6 Å². The van der Waals surface area contributed by atoms with Crippen molar-refractivity contribution in [3.8, 4) is 5.75 Å². The number of carbonyl (C=O) groups is 2. The molecule has 2 amide bonds. The van der Waals surface area contributed by atoms with Crippen molar-refractivity contribution in [2.24, 2.45) is 0 Å². The Hall–Kier alpha value is -2.44. The van der Waals surface area contributed by atoms with Gasteiger partial charge in [-0.3, -0.25) is 9.59 Å². The van der Waals surface area contributed by atoms with Gasteiger partial charge in [0.25, 0.3) is 0 Å². The molecule has 1 aliphatic rings. The van der Waals surface area contributed by atoms with Crippen molar-refractivity contribution in [1.29, 1.82) is 0 Å². The van der Waals surface area contributed by atoms with Gasteiger partial charge in [0.05, 0.1) is 11.6 Å². The van der Waals surface area contributed by atoms with Crippen LogP contribution >= 0.6 is 23.2 Å². The Morgan fingerprint density at radius 3 is 2.65 bits per heavy atom. The largest absolute Gasteiger partial charge is 0.492 e. The number of hydrogen-bond acceptors (Lipinski definition) is 4. The van der Waals surface area contributed by atoms with Crippen LogP contribution in [0.1, 0.15) is 32.6 Å². The molecule has 0 radical (unpaired) electrons. The van der Waals surface area contributed by atoms with E-state index in [4.69, 9.17) is 27.9 Å². The molecule has 2 N–H and O–H groups in total. The number of amides is 2. The molecule has 6 nitrogen and oxygen atoms in total. The van der Waals surface area contributed by atoms with Crippen LogP contribution in [0.15, 0.2) is 42.5 Å². The third kappa shape index (κ3) is 6.77. The molecule has 0 saturated carbocycles. The number of ether oxygens (including phenoxy) is 1. The summed E-state index contributed by atoms with van der Waals surface area (Å²) < 4.78 is 5.57. The van der Waals surface area contributed by atoms with E-state index in [9.17, 15) is 9.59 Å². The SMILES string of the molecule is CC(NC(=O)CCCOc1cccc(Cl)c1Cl)C(=O)Nc1cccc(N2CCCC2)c1. The zero-order valence-corrected chi connectivity index (χ0v) is 19.0. The van der Waals surface area contributed by atoms with Crippen LogP contribution in [0, 0.1) is 0 Å². The molecule has 3 rings (SSSR count). The topological polar surface area (TPSA) is 70.7 Å². The molecule has 1 aliphatic heterocycles. The zero-order valence-electron chi connectivity index (χ0n) is 17.5. The molecule has 2 aromatic rings. The highest BCUT2D eigenvalue weighted by molar-refractivity contribution is 6.42. The third-order valence-corrected chi connectivity index (χ3v) is 5.88. The standard InChI is InChI=1S/C23H27Cl2N3O3/c1-16(23(30)27-17-7-4-8-18(15-17)28-12-2-3-13-28)26-21(29)11-6-14-31-20-10-5-9-19(24)22(20)25/h4-5,7-10,15-16H,2-3,6,11-14H2,1H3,(H,26,29)(H,27,30). The van der Waals surface area contributed by atoms with Crippen LogP contribution in [0.25, 0.3) is 0 Å². The minimum Gasteiger partial charge on any atom is -0.492 e. The van der Waals surface area contributed by atoms with Gasteiger partial charge >= 0.3 is 0 Å². The Labute approximate surface area is 192 Å². The lowest BCUT2D eigenvalue weighted by Gasteiger charge is -2.19. The molecule has 1 atom stereocenters. The lowest BCUT2D eigenvalue weighted by molar-refractivity contribution is -0.126. The van der Waals surface area contributed by atoms with Gasteiger partial charge in [0.15, 0.2) is 0 Å². The van der Waals surface area contributed by atoms with Crippen LogP contribution in [0.4, 0.5) is 11.4 Å². The lowest BCUT2D eigenvalue weighted by Crippen LogP contribution is -2.41. The van der Waals surface area contributed by atoms with Gasteiger partial charge in [-0.2, -0.15) is 0 Å². The summed E-state index contributed by atoms with van der Waals surface area (Å²) in [4.78, 5) is 26.9. The molecule has 0 spiro atoms. The van der Waals surface area contributed by atoms with Gasteiger partial charge in [-0.15, -0.1) is 0 Å². The van der Waals surface area contributed by atoms with Crippen molar-refractivity contribution >= 4 is 46.4 Å². The highest BCUT2D eigenvalue weighted by atomic mass is 35.5. The molecule has 0 bridgehead atoms. The average Bonchev–Trinajstić information content (AvgIpc) is 3.29. The second kappa shape index (κ2) is 11.3. The smallest absolute Gasteiger partial charge is 0.246 e. The number of nitrogens with zero attached hydrogens (tertiary/aromatic N) is 1. The number of anilines is 2. The summed E-state index contributed by atoms with van der Waals surface area (Å²) in [6.07, 6.45) is 3.11. The Morgan fingerprint density at radius 2 is 1.87 bits per heavy atom. The second-order valence-electron chi connectivity index (χ2n) is 7.53. The van der Waals surface area contributed by atoms with Crippen LogP contribution in [-0.2, 0) is 9.59 Å². The summed E-state index contributed by atoms with van der Waals surface area (Å²) in [5, 5.41) is 6.38. The first-order chi connectivity index (χ1) is 14.9. The minimum atomic E-state index is -0.647. The Morgan fingerprint density at radius 1 is 1.13 bits per heavy atom. The van der Waals surface area contributed by atoms with Crippen LogP contribution in [0.3, 0.4) is 0 Å². The fourth-order valence-corrected chi connectivity index (χ4v) is 3.74. The quantitative estimate of drug-likeness (QED) is 0.519. The number of benzene rings is 2. The summed E-state index contributed by atoms with van der Waals surface area (Å²) in [6, 6.07) is 12.3. The second-order valence-corrected chi connectivity index (χ2v) is 8.31. The monoisotopic (exact) mass is 463 g/mol. The maximum Gasteiger partial charge on any atom is 0.246 e. The van der Waals surface area contributed by atoms with Gasteiger partial charge in [-0.25, -0.2) is 0 Å². The fourth-order valence-electron chi connectivity index (χ4n) is 3.40. The number of carbonyl (C=O) groups excluding carboxylic acids is 2. The van der Waals surface area contributed by atoms with E-state index in [1.807, 2.05) is 24.3 Å². The Bertz CT molecular complexity index is 917. The van der Waals surface area contributed by atoms with E-state index in [2.05, 4.69) is 15.5 Å². The first kappa shape index (κ1) is 23.2. The summed E-state index contributed by atoms with van der Waals surface area (Å²) in [7, 11) is 0. The number of halogens is 2. The molecule has 1 unspecified atom stereocenters. The molecular weight excluding hydrogens is 437 g/mol. The molecule has 8 heteroatoms. The predicted octanol–water partition coefficient (Wildman–Crippen LogP) is 4.90. The van der Waals surface area contributed by atoms with E-state index in [1.165, 1.54) is 12.8 Å². The van der Waals surface area contributed by atoms with E-state index >= 15 is 0 Å². The molecule has 166 valence electrons. The van der Waals surface area contributed by atoms with Crippen LogP contribution < -0.4 is 20.3 Å². The third-order valence-electron chi connectivity index (χ3n) is 5.08. The van der Waals surface area contributed by atoms with Gasteiger partial charge in [-0.1, -0.05) is 35.3 Å². The lowest BCUT2D eigenvalue weighted by atomic mass is 10.2. The van der Waals surface area contributed by atoms with Gasteiger partial charge in [0, 0.05) is 30.9 Å². The number of rotatable bonds is 9. The fraction of sp³-hybridized carbons (Fsp3) is 0.391. The summed E-state index contributed by atoms with van der Waals surface area (Å²) in [6.45, 7) is 4.06. The average molecular weight is 464 g/mol. The molecule has 0 aliphatic carbocycles. The molecule has 1 fully saturated rings. The normalized spacial score (nSPS) is 14.2. The highest BCUT2D eigenvalue weighted by Gasteiger charge is 2.17. The molecule has 2 aromatic carbocycles. The maximum absolute atomic E-state index is 12.5. The first-order valence-electron chi connectivity index (χ1n) is 10.5. The van der Waals surface area contributed by atoms with Gasteiger partial charge in [0.1, 0.15) is 16.8 Å². The van der Waals surface area contributed by atoms with E-state index in [0.717, 1.165) is 24.5 Å². The van der Waals surface area contributed by atoms with Crippen LogP contribution in [0.2, 0.25) is 10.0 Å². The minimum absolute atomic E-state index is 0.214. The Balaban J connectivity index is 1.40. The van der Waals surface area contributed by atoms with Gasteiger partial charge < -0.3 is 20.3 Å². The zero-order chi connectivity index (χ0) is 22.2. The highest BCUT2D eigenvalue weighted by Crippen LogP contribution is 2.31. The maximum atomic E-state index is 12.5. The first-order valence-corrected chi connectivity index (χ1v) is 11.2. The van der Waals surface area contributed by atoms with E-state index in [0.29, 0.717) is 28.8 Å². The molecule has 0 aromatic heterocycles. The van der Waals surface area contributed by atoms with Crippen molar-refractivity contribution < 1.29 is 14.3 Å². The number of hydrogen-bond donors (Lipinski definition) is 2. The molecule has 31 heavy (non-hydrogen) atoms. The number of nitrogens with one attached hydrogen (secondary N) is 2. The Kier molecular flexibility index (Phi) is 8.43. The van der Waals surface area contributed by atoms with Crippen molar-refractivity contribution in [3.63, 3.8) is 0 Å².